The van der Waals surface area contributed by atoms with Crippen LogP contribution in [0.3, 0.4) is 0 Å². The fourth-order valence-corrected chi connectivity index (χ4v) is 3.35. The molecule has 0 spiro atoms. The third-order valence-corrected chi connectivity index (χ3v) is 4.52. The summed E-state index contributed by atoms with van der Waals surface area (Å²) < 4.78 is 5.36. The largest absolute Gasteiger partial charge is 0.443 e. The van der Waals surface area contributed by atoms with Crippen LogP contribution in [0.25, 0.3) is 32.9 Å². The number of halogens is 1. The van der Waals surface area contributed by atoms with Crippen LogP contribution in [-0.2, 0) is 0 Å². The Morgan fingerprint density at radius 2 is 2.00 bits per heavy atom. The highest BCUT2D eigenvalue weighted by Crippen LogP contribution is 2.35. The van der Waals surface area contributed by atoms with Gasteiger partial charge >= 0.3 is 0 Å². The van der Waals surface area contributed by atoms with Crippen molar-refractivity contribution < 1.29 is 4.42 Å². The van der Waals surface area contributed by atoms with Crippen molar-refractivity contribution in [3.05, 3.63) is 41.0 Å². The second-order valence-corrected chi connectivity index (χ2v) is 6.53. The number of anilines is 1. The maximum atomic E-state index is 6.28. The molecule has 0 saturated carbocycles. The lowest BCUT2D eigenvalue weighted by Gasteiger charge is -2.07. The Morgan fingerprint density at radius 1 is 1.13 bits per heavy atom. The minimum Gasteiger partial charge on any atom is -0.443 e. The van der Waals surface area contributed by atoms with E-state index in [1.165, 1.54) is 23.9 Å². The van der Waals surface area contributed by atoms with E-state index in [0.717, 1.165) is 15.4 Å². The average molecular weight is 344 g/mol. The Bertz CT molecular complexity index is 1030. The molecule has 0 aliphatic rings. The predicted octanol–water partition coefficient (Wildman–Crippen LogP) is 3.95. The third-order valence-electron chi connectivity index (χ3n) is 3.31. The first-order valence-corrected chi connectivity index (χ1v) is 7.89. The zero-order chi connectivity index (χ0) is 16.0. The Balaban J connectivity index is 1.97. The minimum atomic E-state index is 0.349. The molecular weight excluding hydrogens is 334 g/mol. The molecule has 0 aliphatic carbocycles. The van der Waals surface area contributed by atoms with E-state index in [1.807, 2.05) is 13.0 Å². The number of hydrogen-bond donors (Lipinski definition) is 1. The fourth-order valence-electron chi connectivity index (χ4n) is 2.32. The van der Waals surface area contributed by atoms with Gasteiger partial charge in [0.25, 0.3) is 0 Å². The maximum absolute atomic E-state index is 6.28. The molecule has 0 radical (unpaired) electrons. The average Bonchev–Trinajstić information content (AvgIpc) is 3.16. The molecule has 3 aromatic heterocycles. The Kier molecular flexibility index (Phi) is 3.24. The summed E-state index contributed by atoms with van der Waals surface area (Å²) in [6, 6.07) is 3.63. The standard InChI is InChI=1S/C15H10ClN5OS/c1-7-18-4-11(23-7)15-13(19-5-12(17)21-15)8-2-9(16)14-10(3-8)22-6-20-14/h2-6H,1H3,(H2,17,21). The van der Waals surface area contributed by atoms with E-state index in [9.17, 15) is 0 Å². The first-order valence-electron chi connectivity index (χ1n) is 6.70. The number of thiazole rings is 1. The van der Waals surface area contributed by atoms with E-state index < -0.39 is 0 Å². The summed E-state index contributed by atoms with van der Waals surface area (Å²) >= 11 is 7.81. The van der Waals surface area contributed by atoms with Crippen molar-refractivity contribution in [2.45, 2.75) is 6.92 Å². The molecule has 0 saturated heterocycles. The van der Waals surface area contributed by atoms with Crippen molar-refractivity contribution >= 4 is 39.9 Å². The molecule has 0 amide bonds. The van der Waals surface area contributed by atoms with Crippen molar-refractivity contribution in [3.63, 3.8) is 0 Å². The van der Waals surface area contributed by atoms with E-state index in [2.05, 4.69) is 19.9 Å². The molecule has 6 nitrogen and oxygen atoms in total. The van der Waals surface area contributed by atoms with Gasteiger partial charge in [0.15, 0.2) is 12.0 Å². The summed E-state index contributed by atoms with van der Waals surface area (Å²) in [7, 11) is 0. The molecule has 3 heterocycles. The molecule has 1 aromatic carbocycles. The van der Waals surface area contributed by atoms with E-state index >= 15 is 0 Å². The molecule has 0 unspecified atom stereocenters. The number of aryl methyl sites for hydroxylation is 1. The molecule has 0 atom stereocenters. The van der Waals surface area contributed by atoms with Gasteiger partial charge in [0.2, 0.25) is 0 Å². The first-order chi connectivity index (χ1) is 11.1. The van der Waals surface area contributed by atoms with Crippen LogP contribution in [-0.4, -0.2) is 19.9 Å². The van der Waals surface area contributed by atoms with Gasteiger partial charge in [0.1, 0.15) is 17.0 Å². The van der Waals surface area contributed by atoms with Crippen LogP contribution in [0.1, 0.15) is 5.01 Å². The van der Waals surface area contributed by atoms with Crippen molar-refractivity contribution in [1.82, 2.24) is 19.9 Å². The number of benzene rings is 1. The number of nitrogen functional groups attached to an aromatic ring is 1. The van der Waals surface area contributed by atoms with Crippen LogP contribution in [0.5, 0.6) is 0 Å². The lowest BCUT2D eigenvalue weighted by atomic mass is 10.1. The van der Waals surface area contributed by atoms with E-state index in [0.29, 0.717) is 33.3 Å². The first kappa shape index (κ1) is 14.1. The van der Waals surface area contributed by atoms with Crippen molar-refractivity contribution in [2.24, 2.45) is 0 Å². The number of aromatic nitrogens is 4. The number of oxazole rings is 1. The molecule has 8 heteroatoms. The Labute approximate surface area is 140 Å². The van der Waals surface area contributed by atoms with Gasteiger partial charge in [-0.1, -0.05) is 11.6 Å². The summed E-state index contributed by atoms with van der Waals surface area (Å²) in [4.78, 5) is 18.1. The molecule has 0 fully saturated rings. The normalized spacial score (nSPS) is 11.2. The number of nitrogens with two attached hydrogens (primary N) is 1. The predicted molar refractivity (Wildman–Crippen MR) is 90.3 cm³/mol. The van der Waals surface area contributed by atoms with Gasteiger partial charge in [0.05, 0.1) is 26.8 Å². The minimum absolute atomic E-state index is 0.349. The van der Waals surface area contributed by atoms with Gasteiger partial charge in [0, 0.05) is 11.8 Å². The second-order valence-electron chi connectivity index (χ2n) is 4.89. The number of fused-ring (bicyclic) bond motifs is 1. The maximum Gasteiger partial charge on any atom is 0.182 e. The highest BCUT2D eigenvalue weighted by Gasteiger charge is 2.16. The van der Waals surface area contributed by atoms with Crippen LogP contribution >= 0.6 is 22.9 Å². The Morgan fingerprint density at radius 3 is 2.78 bits per heavy atom. The summed E-state index contributed by atoms with van der Waals surface area (Å²) in [5.41, 5.74) is 9.15. The molecule has 4 rings (SSSR count). The SMILES string of the molecule is Cc1ncc(-c2nc(N)cnc2-c2cc(Cl)c3ncoc3c2)s1. The van der Waals surface area contributed by atoms with Crippen molar-refractivity contribution in [1.29, 1.82) is 0 Å². The van der Waals surface area contributed by atoms with Crippen LogP contribution in [0.4, 0.5) is 5.82 Å². The molecule has 4 aromatic rings. The third kappa shape index (κ3) is 2.43. The molecule has 2 N–H and O–H groups in total. The fraction of sp³-hybridized carbons (Fsp3) is 0.0667. The zero-order valence-corrected chi connectivity index (χ0v) is 13.5. The highest BCUT2D eigenvalue weighted by atomic mass is 35.5. The number of nitrogens with zero attached hydrogens (tertiary/aromatic N) is 4. The van der Waals surface area contributed by atoms with Gasteiger partial charge in [-0.15, -0.1) is 11.3 Å². The lowest BCUT2D eigenvalue weighted by molar-refractivity contribution is 0.602. The van der Waals surface area contributed by atoms with Gasteiger partial charge in [-0.05, 0) is 19.1 Å². The van der Waals surface area contributed by atoms with Crippen LogP contribution < -0.4 is 5.73 Å². The summed E-state index contributed by atoms with van der Waals surface area (Å²) in [5.74, 6) is 0.349. The van der Waals surface area contributed by atoms with Gasteiger partial charge in [-0.3, -0.25) is 4.98 Å². The zero-order valence-electron chi connectivity index (χ0n) is 11.9. The smallest absolute Gasteiger partial charge is 0.182 e. The van der Waals surface area contributed by atoms with Crippen LogP contribution in [0.15, 0.2) is 35.3 Å². The number of rotatable bonds is 2. The van der Waals surface area contributed by atoms with Crippen molar-refractivity contribution in [2.75, 3.05) is 5.73 Å². The van der Waals surface area contributed by atoms with E-state index in [1.54, 1.807) is 12.3 Å². The molecule has 114 valence electrons. The number of hydrogen-bond acceptors (Lipinski definition) is 7. The second kappa shape index (κ2) is 5.29. The quantitative estimate of drug-likeness (QED) is 0.592. The summed E-state index contributed by atoms with van der Waals surface area (Å²) in [5, 5.41) is 1.44. The molecular formula is C15H10ClN5OS. The van der Waals surface area contributed by atoms with Gasteiger partial charge < -0.3 is 10.2 Å². The molecule has 23 heavy (non-hydrogen) atoms. The Hall–Kier alpha value is -2.51. The summed E-state index contributed by atoms with van der Waals surface area (Å²) in [6.07, 6.45) is 4.65. The van der Waals surface area contributed by atoms with E-state index in [4.69, 9.17) is 21.8 Å². The molecule has 0 bridgehead atoms. The van der Waals surface area contributed by atoms with Gasteiger partial charge in [-0.2, -0.15) is 0 Å². The summed E-state index contributed by atoms with van der Waals surface area (Å²) in [6.45, 7) is 1.94. The van der Waals surface area contributed by atoms with Crippen molar-refractivity contribution in [3.8, 4) is 21.8 Å². The van der Waals surface area contributed by atoms with E-state index in [-0.39, 0.29) is 0 Å². The lowest BCUT2D eigenvalue weighted by Crippen LogP contribution is -1.97. The topological polar surface area (TPSA) is 90.7 Å². The monoisotopic (exact) mass is 343 g/mol. The van der Waals surface area contributed by atoms with Crippen LogP contribution in [0, 0.1) is 6.92 Å². The van der Waals surface area contributed by atoms with Gasteiger partial charge in [-0.25, -0.2) is 15.0 Å². The molecule has 0 aliphatic heterocycles. The van der Waals surface area contributed by atoms with Crippen LogP contribution in [0.2, 0.25) is 5.02 Å². The highest BCUT2D eigenvalue weighted by molar-refractivity contribution is 7.15.